The van der Waals surface area contributed by atoms with Gasteiger partial charge in [0.2, 0.25) is 5.91 Å². The minimum atomic E-state index is -0.838. The lowest BCUT2D eigenvalue weighted by molar-refractivity contribution is -0.141. The van der Waals surface area contributed by atoms with Crippen molar-refractivity contribution in [3.63, 3.8) is 0 Å². The molecule has 21 heavy (non-hydrogen) atoms. The normalized spacial score (nSPS) is 18.8. The first-order chi connectivity index (χ1) is 9.97. The maximum Gasteiger partial charge on any atom is 0.236 e. The van der Waals surface area contributed by atoms with Crippen LogP contribution in [0.2, 0.25) is 0 Å². The number of nitrogens with two attached hydrogens (primary N) is 1. The van der Waals surface area contributed by atoms with E-state index in [-0.39, 0.29) is 11.7 Å². The standard InChI is InChI=1S/C15H29N3O3/c1-12(2)11-18(9-10-21-3)14(19)15(13(16)17-20)7-5-4-6-8-15/h12,20H,4-11H2,1-3H3,(H2,16,17). The van der Waals surface area contributed by atoms with E-state index in [9.17, 15) is 4.79 Å². The van der Waals surface area contributed by atoms with E-state index in [1.165, 1.54) is 0 Å². The van der Waals surface area contributed by atoms with Gasteiger partial charge in [0.05, 0.1) is 6.61 Å². The average Bonchev–Trinajstić information content (AvgIpc) is 2.50. The highest BCUT2D eigenvalue weighted by Gasteiger charge is 2.46. The number of hydrogen-bond donors (Lipinski definition) is 2. The number of carbonyl (C=O) groups is 1. The number of amides is 1. The van der Waals surface area contributed by atoms with E-state index in [0.717, 1.165) is 19.3 Å². The van der Waals surface area contributed by atoms with Crippen molar-refractivity contribution in [2.24, 2.45) is 22.2 Å². The summed E-state index contributed by atoms with van der Waals surface area (Å²) in [6.07, 6.45) is 4.27. The molecule has 1 amide bonds. The quantitative estimate of drug-likeness (QED) is 0.325. The van der Waals surface area contributed by atoms with E-state index < -0.39 is 5.41 Å². The van der Waals surface area contributed by atoms with Gasteiger partial charge in [-0.05, 0) is 18.8 Å². The molecule has 1 saturated carbocycles. The molecule has 0 aromatic rings. The summed E-state index contributed by atoms with van der Waals surface area (Å²) < 4.78 is 5.11. The Balaban J connectivity index is 2.99. The van der Waals surface area contributed by atoms with Gasteiger partial charge in [-0.1, -0.05) is 38.3 Å². The summed E-state index contributed by atoms with van der Waals surface area (Å²) >= 11 is 0. The van der Waals surface area contributed by atoms with E-state index >= 15 is 0 Å². The molecule has 0 aromatic heterocycles. The molecule has 6 nitrogen and oxygen atoms in total. The van der Waals surface area contributed by atoms with Crippen LogP contribution in [0.1, 0.15) is 46.0 Å². The molecule has 0 saturated heterocycles. The maximum atomic E-state index is 13.1. The van der Waals surface area contributed by atoms with Gasteiger partial charge in [-0.25, -0.2) is 0 Å². The summed E-state index contributed by atoms with van der Waals surface area (Å²) in [5, 5.41) is 12.3. The van der Waals surface area contributed by atoms with Gasteiger partial charge < -0.3 is 20.6 Å². The molecule has 0 heterocycles. The van der Waals surface area contributed by atoms with Crippen molar-refractivity contribution in [3.8, 4) is 0 Å². The predicted octanol–water partition coefficient (Wildman–Crippen LogP) is 1.81. The molecule has 0 bridgehead atoms. The van der Waals surface area contributed by atoms with Crippen LogP contribution >= 0.6 is 0 Å². The van der Waals surface area contributed by atoms with Gasteiger partial charge in [-0.2, -0.15) is 0 Å². The molecule has 122 valence electrons. The van der Waals surface area contributed by atoms with E-state index in [2.05, 4.69) is 19.0 Å². The minimum Gasteiger partial charge on any atom is -0.409 e. The number of hydrogen-bond acceptors (Lipinski definition) is 4. The molecule has 1 rings (SSSR count). The Morgan fingerprint density at radius 1 is 1.38 bits per heavy atom. The minimum absolute atomic E-state index is 0.0248. The van der Waals surface area contributed by atoms with Crippen molar-refractivity contribution in [1.82, 2.24) is 4.90 Å². The molecular weight excluding hydrogens is 270 g/mol. The lowest BCUT2D eigenvalue weighted by Crippen LogP contribution is -2.53. The second-order valence-corrected chi connectivity index (χ2v) is 6.27. The van der Waals surface area contributed by atoms with E-state index in [0.29, 0.717) is 38.5 Å². The largest absolute Gasteiger partial charge is 0.409 e. The van der Waals surface area contributed by atoms with Crippen LogP contribution in [0.25, 0.3) is 0 Å². The van der Waals surface area contributed by atoms with E-state index in [1.807, 2.05) is 0 Å². The topological polar surface area (TPSA) is 88.2 Å². The Kier molecular flexibility index (Phi) is 6.95. The van der Waals surface area contributed by atoms with E-state index in [4.69, 9.17) is 15.7 Å². The zero-order chi connectivity index (χ0) is 15.9. The van der Waals surface area contributed by atoms with Crippen LogP contribution in [-0.2, 0) is 9.53 Å². The van der Waals surface area contributed by atoms with Crippen LogP contribution in [0.15, 0.2) is 5.16 Å². The monoisotopic (exact) mass is 299 g/mol. The van der Waals surface area contributed by atoms with Crippen LogP contribution in [0.5, 0.6) is 0 Å². The van der Waals surface area contributed by atoms with Gasteiger partial charge in [0.1, 0.15) is 5.41 Å². The lowest BCUT2D eigenvalue weighted by Gasteiger charge is -2.39. The SMILES string of the molecule is COCCN(CC(C)C)C(=O)C1(C(N)=NO)CCCCC1. The van der Waals surface area contributed by atoms with Crippen LogP contribution in [0.3, 0.4) is 0 Å². The Hall–Kier alpha value is -1.30. The van der Waals surface area contributed by atoms with Crippen LogP contribution < -0.4 is 5.73 Å². The fourth-order valence-electron chi connectivity index (χ4n) is 3.05. The third-order valence-corrected chi connectivity index (χ3v) is 4.15. The summed E-state index contributed by atoms with van der Waals surface area (Å²) in [7, 11) is 1.62. The predicted molar refractivity (Wildman–Crippen MR) is 82.2 cm³/mol. The Bertz CT molecular complexity index is 363. The maximum absolute atomic E-state index is 13.1. The number of oxime groups is 1. The molecule has 0 unspecified atom stereocenters. The van der Waals surface area contributed by atoms with Crippen molar-refractivity contribution < 1.29 is 14.7 Å². The molecule has 0 aliphatic heterocycles. The summed E-state index contributed by atoms with van der Waals surface area (Å²) in [6, 6.07) is 0. The molecule has 0 atom stereocenters. The van der Waals surface area contributed by atoms with Crippen LogP contribution in [-0.4, -0.2) is 48.7 Å². The molecule has 1 aliphatic rings. The third kappa shape index (κ3) is 4.33. The van der Waals surface area contributed by atoms with Gasteiger partial charge in [-0.3, -0.25) is 4.79 Å². The molecule has 0 aromatic carbocycles. The molecule has 6 heteroatoms. The fourth-order valence-corrected chi connectivity index (χ4v) is 3.05. The highest BCUT2D eigenvalue weighted by molar-refractivity contribution is 6.06. The first-order valence-corrected chi connectivity index (χ1v) is 7.74. The number of amidine groups is 1. The number of rotatable bonds is 7. The van der Waals surface area contributed by atoms with Crippen LogP contribution in [0.4, 0.5) is 0 Å². The van der Waals surface area contributed by atoms with Gasteiger partial charge in [0.25, 0.3) is 0 Å². The van der Waals surface area contributed by atoms with Gasteiger partial charge in [-0.15, -0.1) is 0 Å². The zero-order valence-corrected chi connectivity index (χ0v) is 13.5. The van der Waals surface area contributed by atoms with Crippen molar-refractivity contribution in [1.29, 1.82) is 0 Å². The molecule has 0 radical (unpaired) electrons. The van der Waals surface area contributed by atoms with Crippen molar-refractivity contribution in [2.75, 3.05) is 26.8 Å². The molecule has 1 fully saturated rings. The lowest BCUT2D eigenvalue weighted by atomic mass is 9.72. The summed E-state index contributed by atoms with van der Waals surface area (Å²) in [6.45, 7) is 5.83. The smallest absolute Gasteiger partial charge is 0.236 e. The molecule has 0 spiro atoms. The van der Waals surface area contributed by atoms with Crippen molar-refractivity contribution in [3.05, 3.63) is 0 Å². The third-order valence-electron chi connectivity index (χ3n) is 4.15. The van der Waals surface area contributed by atoms with Gasteiger partial charge in [0, 0.05) is 20.2 Å². The summed E-state index contributed by atoms with van der Waals surface area (Å²) in [5.74, 6) is 0.389. The van der Waals surface area contributed by atoms with Crippen molar-refractivity contribution in [2.45, 2.75) is 46.0 Å². The number of methoxy groups -OCH3 is 1. The second kappa shape index (κ2) is 8.22. The first-order valence-electron chi connectivity index (χ1n) is 7.74. The van der Waals surface area contributed by atoms with Gasteiger partial charge in [0.15, 0.2) is 5.84 Å². The Morgan fingerprint density at radius 3 is 2.48 bits per heavy atom. The van der Waals surface area contributed by atoms with Crippen molar-refractivity contribution >= 4 is 11.7 Å². The number of carbonyl (C=O) groups excluding carboxylic acids is 1. The molecule has 1 aliphatic carbocycles. The number of nitrogens with zero attached hydrogens (tertiary/aromatic N) is 2. The van der Waals surface area contributed by atoms with Gasteiger partial charge >= 0.3 is 0 Å². The van der Waals surface area contributed by atoms with Crippen LogP contribution in [0, 0.1) is 11.3 Å². The highest BCUT2D eigenvalue weighted by atomic mass is 16.5. The fraction of sp³-hybridized carbons (Fsp3) is 0.867. The summed E-state index contributed by atoms with van der Waals surface area (Å²) in [4.78, 5) is 14.9. The number of ether oxygens (including phenoxy) is 1. The molecular formula is C15H29N3O3. The summed E-state index contributed by atoms with van der Waals surface area (Å²) in [5.41, 5.74) is 5.06. The highest BCUT2D eigenvalue weighted by Crippen LogP contribution is 2.38. The first kappa shape index (κ1) is 17.8. The molecule has 3 N–H and O–H groups in total. The zero-order valence-electron chi connectivity index (χ0n) is 13.5. The van der Waals surface area contributed by atoms with E-state index in [1.54, 1.807) is 12.0 Å². The Morgan fingerprint density at radius 2 is 2.00 bits per heavy atom. The second-order valence-electron chi connectivity index (χ2n) is 6.27. The Labute approximate surface area is 127 Å². The average molecular weight is 299 g/mol.